The van der Waals surface area contributed by atoms with Crippen LogP contribution in [-0.2, 0) is 0 Å². The number of nitrogens with one attached hydrogen (secondary N) is 2. The highest BCUT2D eigenvalue weighted by atomic mass is 16.2. The van der Waals surface area contributed by atoms with E-state index in [-0.39, 0.29) is 6.03 Å². The second-order valence-electron chi connectivity index (χ2n) is 4.78. The van der Waals surface area contributed by atoms with Gasteiger partial charge in [0.2, 0.25) is 0 Å². The third-order valence-corrected chi connectivity index (χ3v) is 3.50. The van der Waals surface area contributed by atoms with Crippen molar-refractivity contribution < 1.29 is 4.79 Å². The Hall–Kier alpha value is -1.71. The van der Waals surface area contributed by atoms with Crippen molar-refractivity contribution in [1.82, 2.24) is 5.32 Å². The zero-order valence-electron chi connectivity index (χ0n) is 10.1. The first-order valence-electron chi connectivity index (χ1n) is 6.04. The van der Waals surface area contributed by atoms with Gasteiger partial charge >= 0.3 is 6.03 Å². The zero-order chi connectivity index (χ0) is 12.3. The van der Waals surface area contributed by atoms with E-state index in [0.717, 1.165) is 18.7 Å². The molecule has 4 heteroatoms. The van der Waals surface area contributed by atoms with Gasteiger partial charge in [0, 0.05) is 17.9 Å². The Labute approximate surface area is 102 Å². The van der Waals surface area contributed by atoms with Crippen LogP contribution >= 0.6 is 0 Å². The standard InChI is InChI=1S/C13H19N3O/c1-2-13(7-8-13)9-15-12(17)16-11-5-3-10(14)4-6-11/h3-6H,2,7-9,14H2,1H3,(H2,15,16,17). The number of nitrogen functional groups attached to an aromatic ring is 1. The monoisotopic (exact) mass is 233 g/mol. The van der Waals surface area contributed by atoms with E-state index in [2.05, 4.69) is 17.6 Å². The van der Waals surface area contributed by atoms with Crippen LogP contribution in [0.4, 0.5) is 16.2 Å². The summed E-state index contributed by atoms with van der Waals surface area (Å²) in [7, 11) is 0. The lowest BCUT2D eigenvalue weighted by Crippen LogP contribution is -2.33. The molecule has 17 heavy (non-hydrogen) atoms. The van der Waals surface area contributed by atoms with Crippen LogP contribution < -0.4 is 16.4 Å². The van der Waals surface area contributed by atoms with Crippen molar-refractivity contribution in [3.05, 3.63) is 24.3 Å². The van der Waals surface area contributed by atoms with Gasteiger partial charge in [-0.25, -0.2) is 4.79 Å². The normalized spacial score (nSPS) is 16.3. The average Bonchev–Trinajstić information content (AvgIpc) is 3.10. The predicted molar refractivity (Wildman–Crippen MR) is 69.8 cm³/mol. The minimum atomic E-state index is -0.144. The number of nitrogens with two attached hydrogens (primary N) is 1. The van der Waals surface area contributed by atoms with Gasteiger partial charge in [-0.05, 0) is 48.9 Å². The SMILES string of the molecule is CCC1(CNC(=O)Nc2ccc(N)cc2)CC1. The third-order valence-electron chi connectivity index (χ3n) is 3.50. The summed E-state index contributed by atoms with van der Waals surface area (Å²) in [5, 5.41) is 5.71. The van der Waals surface area contributed by atoms with E-state index < -0.39 is 0 Å². The summed E-state index contributed by atoms with van der Waals surface area (Å²) in [6.45, 7) is 2.94. The molecule has 2 amide bonds. The van der Waals surface area contributed by atoms with Gasteiger partial charge in [-0.15, -0.1) is 0 Å². The minimum absolute atomic E-state index is 0.144. The smallest absolute Gasteiger partial charge is 0.319 e. The van der Waals surface area contributed by atoms with E-state index in [1.807, 2.05) is 0 Å². The molecule has 0 spiro atoms. The van der Waals surface area contributed by atoms with Crippen molar-refractivity contribution in [2.24, 2.45) is 5.41 Å². The first-order chi connectivity index (χ1) is 8.13. The van der Waals surface area contributed by atoms with Gasteiger partial charge in [0.1, 0.15) is 0 Å². The molecular formula is C13H19N3O. The lowest BCUT2D eigenvalue weighted by molar-refractivity contribution is 0.249. The minimum Gasteiger partial charge on any atom is -0.399 e. The molecule has 1 aliphatic rings. The number of urea groups is 1. The highest BCUT2D eigenvalue weighted by Crippen LogP contribution is 2.47. The molecular weight excluding hydrogens is 214 g/mol. The Morgan fingerprint density at radius 1 is 1.35 bits per heavy atom. The second-order valence-corrected chi connectivity index (χ2v) is 4.78. The lowest BCUT2D eigenvalue weighted by Gasteiger charge is -2.14. The molecule has 0 saturated heterocycles. The van der Waals surface area contributed by atoms with Gasteiger partial charge in [-0.1, -0.05) is 6.92 Å². The summed E-state index contributed by atoms with van der Waals surface area (Å²) in [6.07, 6.45) is 3.59. The molecule has 4 nitrogen and oxygen atoms in total. The number of anilines is 2. The Balaban J connectivity index is 1.79. The molecule has 0 bridgehead atoms. The van der Waals surface area contributed by atoms with E-state index in [4.69, 9.17) is 5.73 Å². The van der Waals surface area contributed by atoms with Gasteiger partial charge in [0.15, 0.2) is 0 Å². The number of carbonyl (C=O) groups excluding carboxylic acids is 1. The summed E-state index contributed by atoms with van der Waals surface area (Å²) in [4.78, 5) is 11.6. The van der Waals surface area contributed by atoms with Crippen LogP contribution in [0, 0.1) is 5.41 Å². The summed E-state index contributed by atoms with van der Waals surface area (Å²) < 4.78 is 0. The average molecular weight is 233 g/mol. The Bertz CT molecular complexity index is 396. The van der Waals surface area contributed by atoms with Crippen LogP contribution in [0.15, 0.2) is 24.3 Å². The van der Waals surface area contributed by atoms with Gasteiger partial charge < -0.3 is 16.4 Å². The van der Waals surface area contributed by atoms with Crippen molar-refractivity contribution in [3.63, 3.8) is 0 Å². The van der Waals surface area contributed by atoms with Crippen molar-refractivity contribution in [1.29, 1.82) is 0 Å². The fraction of sp³-hybridized carbons (Fsp3) is 0.462. The van der Waals surface area contributed by atoms with Gasteiger partial charge in [-0.3, -0.25) is 0 Å². The van der Waals surface area contributed by atoms with Crippen molar-refractivity contribution >= 4 is 17.4 Å². The molecule has 4 N–H and O–H groups in total. The first-order valence-corrected chi connectivity index (χ1v) is 6.04. The Kier molecular flexibility index (Phi) is 3.22. The molecule has 0 radical (unpaired) electrons. The van der Waals surface area contributed by atoms with Crippen LogP contribution in [0.5, 0.6) is 0 Å². The summed E-state index contributed by atoms with van der Waals surface area (Å²) in [6, 6.07) is 6.98. The molecule has 1 saturated carbocycles. The lowest BCUT2D eigenvalue weighted by atomic mass is 10.0. The topological polar surface area (TPSA) is 67.2 Å². The number of hydrogen-bond donors (Lipinski definition) is 3. The predicted octanol–water partition coefficient (Wildman–Crippen LogP) is 2.58. The summed E-state index contributed by atoms with van der Waals surface area (Å²) in [5.41, 5.74) is 7.40. The van der Waals surface area contributed by atoms with Gasteiger partial charge in [0.25, 0.3) is 0 Å². The van der Waals surface area contributed by atoms with Crippen LogP contribution in [0.3, 0.4) is 0 Å². The van der Waals surface area contributed by atoms with Gasteiger partial charge in [0.05, 0.1) is 0 Å². The van der Waals surface area contributed by atoms with E-state index in [1.165, 1.54) is 12.8 Å². The van der Waals surface area contributed by atoms with Crippen LogP contribution in [0.1, 0.15) is 26.2 Å². The molecule has 1 aromatic rings. The highest BCUT2D eigenvalue weighted by molar-refractivity contribution is 5.89. The van der Waals surface area contributed by atoms with Crippen LogP contribution in [0.25, 0.3) is 0 Å². The quantitative estimate of drug-likeness (QED) is 0.700. The van der Waals surface area contributed by atoms with E-state index >= 15 is 0 Å². The molecule has 0 aromatic heterocycles. The fourth-order valence-corrected chi connectivity index (χ4v) is 1.84. The summed E-state index contributed by atoms with van der Waals surface area (Å²) in [5.74, 6) is 0. The van der Waals surface area contributed by atoms with E-state index in [1.54, 1.807) is 24.3 Å². The Morgan fingerprint density at radius 2 is 2.00 bits per heavy atom. The summed E-state index contributed by atoms with van der Waals surface area (Å²) >= 11 is 0. The van der Waals surface area contributed by atoms with Crippen molar-refractivity contribution in [3.8, 4) is 0 Å². The van der Waals surface area contributed by atoms with E-state index in [0.29, 0.717) is 11.1 Å². The molecule has 0 heterocycles. The molecule has 0 atom stereocenters. The van der Waals surface area contributed by atoms with Crippen molar-refractivity contribution in [2.45, 2.75) is 26.2 Å². The Morgan fingerprint density at radius 3 is 2.53 bits per heavy atom. The van der Waals surface area contributed by atoms with Crippen molar-refractivity contribution in [2.75, 3.05) is 17.6 Å². The van der Waals surface area contributed by atoms with Gasteiger partial charge in [-0.2, -0.15) is 0 Å². The maximum atomic E-state index is 11.6. The van der Waals surface area contributed by atoms with Crippen LogP contribution in [0.2, 0.25) is 0 Å². The molecule has 92 valence electrons. The largest absolute Gasteiger partial charge is 0.399 e. The number of amides is 2. The molecule has 0 unspecified atom stereocenters. The second kappa shape index (κ2) is 4.65. The molecule has 1 fully saturated rings. The number of benzene rings is 1. The molecule has 2 rings (SSSR count). The fourth-order valence-electron chi connectivity index (χ4n) is 1.84. The molecule has 1 aromatic carbocycles. The highest BCUT2D eigenvalue weighted by Gasteiger charge is 2.40. The zero-order valence-corrected chi connectivity index (χ0v) is 10.1. The number of hydrogen-bond acceptors (Lipinski definition) is 2. The molecule has 1 aliphatic carbocycles. The molecule has 0 aliphatic heterocycles. The third kappa shape index (κ3) is 3.12. The number of rotatable bonds is 4. The van der Waals surface area contributed by atoms with E-state index in [9.17, 15) is 4.79 Å². The number of carbonyl (C=O) groups is 1. The van der Waals surface area contributed by atoms with Crippen LogP contribution in [-0.4, -0.2) is 12.6 Å². The maximum absolute atomic E-state index is 11.6. The first kappa shape index (κ1) is 11.8. The maximum Gasteiger partial charge on any atom is 0.319 e.